The molecule has 0 spiro atoms. The van der Waals surface area contributed by atoms with Crippen LogP contribution in [0.2, 0.25) is 0 Å². The molecule has 5 rings (SSSR count). The quantitative estimate of drug-likeness (QED) is 0.434. The zero-order valence-corrected chi connectivity index (χ0v) is 15.1. The smallest absolute Gasteiger partial charge is 0.213 e. The van der Waals surface area contributed by atoms with Crippen molar-refractivity contribution in [1.29, 1.82) is 0 Å². The van der Waals surface area contributed by atoms with E-state index in [1.165, 1.54) is 23.5 Å². The molecular weight excluding hydrogens is 363 g/mol. The molecule has 0 fully saturated rings. The third-order valence-corrected chi connectivity index (χ3v) is 5.54. The molecule has 0 saturated heterocycles. The van der Waals surface area contributed by atoms with E-state index in [9.17, 15) is 9.18 Å². The standard InChI is InChI=1S/C20H13FN4OS/c1-24-10-15(14-4-2-3-5-16(14)24)19-23-25-17(11-26)18(22-20(25)27-19)12-6-8-13(21)9-7-12/h2-11H,1H3. The number of rotatable bonds is 3. The third kappa shape index (κ3) is 2.39. The van der Waals surface area contributed by atoms with Crippen LogP contribution in [0.25, 0.3) is 37.7 Å². The fourth-order valence-corrected chi connectivity index (χ4v) is 4.24. The first-order valence-corrected chi connectivity index (χ1v) is 9.12. The van der Waals surface area contributed by atoms with Crippen molar-refractivity contribution < 1.29 is 9.18 Å². The largest absolute Gasteiger partial charge is 0.350 e. The number of imidazole rings is 1. The van der Waals surface area contributed by atoms with Crippen LogP contribution in [-0.4, -0.2) is 25.5 Å². The number of aryl methyl sites for hydroxylation is 1. The second-order valence-electron chi connectivity index (χ2n) is 6.24. The summed E-state index contributed by atoms with van der Waals surface area (Å²) < 4.78 is 16.8. The molecule has 0 unspecified atom stereocenters. The molecule has 0 aliphatic heterocycles. The molecule has 0 aliphatic carbocycles. The molecule has 7 heteroatoms. The highest BCUT2D eigenvalue weighted by Gasteiger charge is 2.20. The van der Waals surface area contributed by atoms with Crippen molar-refractivity contribution in [2.24, 2.45) is 7.05 Å². The number of halogens is 1. The van der Waals surface area contributed by atoms with E-state index in [1.54, 1.807) is 16.6 Å². The molecule has 0 N–H and O–H groups in total. The molecule has 3 heterocycles. The maximum atomic E-state index is 13.2. The van der Waals surface area contributed by atoms with E-state index in [2.05, 4.69) is 26.8 Å². The lowest BCUT2D eigenvalue weighted by molar-refractivity contribution is 0.111. The monoisotopic (exact) mass is 376 g/mol. The van der Waals surface area contributed by atoms with Crippen molar-refractivity contribution in [2.75, 3.05) is 0 Å². The number of aromatic nitrogens is 4. The summed E-state index contributed by atoms with van der Waals surface area (Å²) in [4.78, 5) is 16.9. The van der Waals surface area contributed by atoms with Gasteiger partial charge in [-0.3, -0.25) is 4.79 Å². The first-order valence-electron chi connectivity index (χ1n) is 8.31. The Kier molecular flexibility index (Phi) is 3.45. The lowest BCUT2D eigenvalue weighted by Crippen LogP contribution is -1.94. The van der Waals surface area contributed by atoms with Gasteiger partial charge >= 0.3 is 0 Å². The maximum Gasteiger partial charge on any atom is 0.213 e. The number of fused-ring (bicyclic) bond motifs is 2. The fourth-order valence-electron chi connectivity index (χ4n) is 3.31. The molecule has 0 bridgehead atoms. The molecule has 0 amide bonds. The van der Waals surface area contributed by atoms with Crippen LogP contribution in [0, 0.1) is 5.82 Å². The molecule has 0 atom stereocenters. The molecular formula is C20H13FN4OS. The summed E-state index contributed by atoms with van der Waals surface area (Å²) in [7, 11) is 1.99. The minimum Gasteiger partial charge on any atom is -0.350 e. The van der Waals surface area contributed by atoms with Gasteiger partial charge in [0.25, 0.3) is 0 Å². The Bertz CT molecular complexity index is 1310. The molecule has 27 heavy (non-hydrogen) atoms. The Morgan fingerprint density at radius 3 is 2.67 bits per heavy atom. The van der Waals surface area contributed by atoms with Crippen LogP contribution in [-0.2, 0) is 7.05 Å². The lowest BCUT2D eigenvalue weighted by Gasteiger charge is -1.98. The first-order chi connectivity index (χ1) is 13.2. The van der Waals surface area contributed by atoms with E-state index in [-0.39, 0.29) is 5.82 Å². The van der Waals surface area contributed by atoms with Crippen LogP contribution in [0.4, 0.5) is 4.39 Å². The zero-order chi connectivity index (χ0) is 18.5. The molecule has 5 aromatic rings. The minimum atomic E-state index is -0.330. The molecule has 0 radical (unpaired) electrons. The summed E-state index contributed by atoms with van der Waals surface area (Å²) >= 11 is 1.42. The van der Waals surface area contributed by atoms with Gasteiger partial charge < -0.3 is 4.57 Å². The third-order valence-electron chi connectivity index (χ3n) is 4.59. The van der Waals surface area contributed by atoms with Gasteiger partial charge in [0.2, 0.25) is 4.96 Å². The molecule has 2 aromatic carbocycles. The minimum absolute atomic E-state index is 0.330. The van der Waals surface area contributed by atoms with Gasteiger partial charge in [-0.2, -0.15) is 9.61 Å². The zero-order valence-electron chi connectivity index (χ0n) is 14.3. The normalized spacial score (nSPS) is 11.5. The van der Waals surface area contributed by atoms with Crippen LogP contribution in [0.15, 0.2) is 54.7 Å². The predicted molar refractivity (Wildman–Crippen MR) is 104 cm³/mol. The molecule has 0 saturated carbocycles. The highest BCUT2D eigenvalue weighted by atomic mass is 32.1. The highest BCUT2D eigenvalue weighted by Crippen LogP contribution is 2.34. The van der Waals surface area contributed by atoms with Crippen molar-refractivity contribution in [3.63, 3.8) is 0 Å². The second-order valence-corrected chi connectivity index (χ2v) is 7.20. The maximum absolute atomic E-state index is 13.2. The van der Waals surface area contributed by atoms with Crippen molar-refractivity contribution >= 4 is 33.5 Å². The van der Waals surface area contributed by atoms with E-state index in [1.807, 2.05) is 25.4 Å². The predicted octanol–water partition coefficient (Wildman–Crippen LogP) is 4.57. The van der Waals surface area contributed by atoms with Crippen LogP contribution < -0.4 is 0 Å². The second kappa shape index (κ2) is 5.85. The fraction of sp³-hybridized carbons (Fsp3) is 0.0500. The van der Waals surface area contributed by atoms with Gasteiger partial charge in [-0.05, 0) is 30.3 Å². The van der Waals surface area contributed by atoms with Crippen LogP contribution in [0.5, 0.6) is 0 Å². The van der Waals surface area contributed by atoms with Gasteiger partial charge in [-0.15, -0.1) is 0 Å². The number of carbonyl (C=O) groups excluding carboxylic acids is 1. The van der Waals surface area contributed by atoms with Crippen molar-refractivity contribution in [2.45, 2.75) is 0 Å². The Morgan fingerprint density at radius 1 is 1.11 bits per heavy atom. The summed E-state index contributed by atoms with van der Waals surface area (Å²) in [6, 6.07) is 14.0. The van der Waals surface area contributed by atoms with Crippen molar-refractivity contribution in [1.82, 2.24) is 19.2 Å². The van der Waals surface area contributed by atoms with Gasteiger partial charge in [-0.25, -0.2) is 9.37 Å². The molecule has 132 valence electrons. The van der Waals surface area contributed by atoms with Crippen molar-refractivity contribution in [3.8, 4) is 21.8 Å². The topological polar surface area (TPSA) is 52.2 Å². The van der Waals surface area contributed by atoms with Gasteiger partial charge in [0.05, 0.1) is 0 Å². The summed E-state index contributed by atoms with van der Waals surface area (Å²) in [6.07, 6.45) is 2.77. The first kappa shape index (κ1) is 15.9. The molecule has 5 nitrogen and oxygen atoms in total. The van der Waals surface area contributed by atoms with Gasteiger partial charge in [-0.1, -0.05) is 29.5 Å². The Labute approximate surface area is 157 Å². The Morgan fingerprint density at radius 2 is 1.89 bits per heavy atom. The number of benzene rings is 2. The number of nitrogens with zero attached hydrogens (tertiary/aromatic N) is 4. The van der Waals surface area contributed by atoms with Gasteiger partial charge in [0.1, 0.15) is 22.2 Å². The Balaban J connectivity index is 1.69. The Hall–Kier alpha value is -3.32. The number of hydrogen-bond donors (Lipinski definition) is 0. The number of hydrogen-bond acceptors (Lipinski definition) is 4. The highest BCUT2D eigenvalue weighted by molar-refractivity contribution is 7.20. The number of para-hydroxylation sites is 1. The van der Waals surface area contributed by atoms with E-state index in [0.29, 0.717) is 21.9 Å². The van der Waals surface area contributed by atoms with Crippen LogP contribution in [0.1, 0.15) is 10.5 Å². The number of carbonyl (C=O) groups is 1. The average Bonchev–Trinajstić information content (AvgIpc) is 3.33. The van der Waals surface area contributed by atoms with Crippen LogP contribution >= 0.6 is 11.3 Å². The van der Waals surface area contributed by atoms with E-state index in [0.717, 1.165) is 27.8 Å². The molecule has 0 aliphatic rings. The van der Waals surface area contributed by atoms with Gasteiger partial charge in [0, 0.05) is 35.3 Å². The van der Waals surface area contributed by atoms with E-state index >= 15 is 0 Å². The van der Waals surface area contributed by atoms with Crippen molar-refractivity contribution in [3.05, 3.63) is 66.2 Å². The summed E-state index contributed by atoms with van der Waals surface area (Å²) in [6.45, 7) is 0. The van der Waals surface area contributed by atoms with E-state index in [4.69, 9.17) is 0 Å². The molecule has 3 aromatic heterocycles. The summed E-state index contributed by atoms with van der Waals surface area (Å²) in [5, 5.41) is 6.53. The average molecular weight is 376 g/mol. The summed E-state index contributed by atoms with van der Waals surface area (Å²) in [5.74, 6) is -0.330. The summed E-state index contributed by atoms with van der Waals surface area (Å²) in [5.41, 5.74) is 3.67. The van der Waals surface area contributed by atoms with Gasteiger partial charge in [0.15, 0.2) is 6.29 Å². The van der Waals surface area contributed by atoms with Crippen LogP contribution in [0.3, 0.4) is 0 Å². The van der Waals surface area contributed by atoms with E-state index < -0.39 is 0 Å². The number of aldehydes is 1. The lowest BCUT2D eigenvalue weighted by atomic mass is 10.1. The SMILES string of the molecule is Cn1cc(-c2nn3c(C=O)c(-c4ccc(F)cc4)nc3s2)c2ccccc21.